The number of nitrogens with zero attached hydrogens (tertiary/aromatic N) is 2. The molecule has 0 saturated heterocycles. The zero-order valence-electron chi connectivity index (χ0n) is 17.0. The maximum atomic E-state index is 14.2. The van der Waals surface area contributed by atoms with Gasteiger partial charge in [0.1, 0.15) is 11.6 Å². The number of thiazole rings is 1. The Morgan fingerprint density at radius 2 is 2.06 bits per heavy atom. The Morgan fingerprint density at radius 3 is 2.77 bits per heavy atom. The normalized spacial score (nSPS) is 11.0. The van der Waals surface area contributed by atoms with Crippen LogP contribution in [0.15, 0.2) is 29.6 Å². The van der Waals surface area contributed by atoms with Crippen LogP contribution in [0.2, 0.25) is 0 Å². The van der Waals surface area contributed by atoms with Gasteiger partial charge in [-0.2, -0.15) is 0 Å². The molecule has 164 valence electrons. The molecule has 0 aliphatic carbocycles. The summed E-state index contributed by atoms with van der Waals surface area (Å²) in [5, 5.41) is 2.70. The van der Waals surface area contributed by atoms with Crippen LogP contribution in [0.5, 0.6) is 0 Å². The third kappa shape index (κ3) is 5.50. The topological polar surface area (TPSA) is 87.2 Å². The van der Waals surface area contributed by atoms with Crippen molar-refractivity contribution in [2.24, 2.45) is 5.73 Å². The van der Waals surface area contributed by atoms with Crippen molar-refractivity contribution >= 4 is 35.0 Å². The van der Waals surface area contributed by atoms with E-state index in [9.17, 15) is 18.4 Å². The van der Waals surface area contributed by atoms with Crippen molar-refractivity contribution in [3.63, 3.8) is 0 Å². The molecule has 10 heteroatoms. The van der Waals surface area contributed by atoms with Crippen LogP contribution in [0.25, 0.3) is 11.4 Å². The highest BCUT2D eigenvalue weighted by molar-refractivity contribution is 7.99. The van der Waals surface area contributed by atoms with Gasteiger partial charge in [-0.05, 0) is 31.2 Å². The number of primary amides is 1. The van der Waals surface area contributed by atoms with Crippen molar-refractivity contribution in [2.45, 2.75) is 19.9 Å². The monoisotopic (exact) mass is 465 g/mol. The molecule has 3 rings (SSSR count). The predicted molar refractivity (Wildman–Crippen MR) is 117 cm³/mol. The molecule has 0 saturated carbocycles. The van der Waals surface area contributed by atoms with Gasteiger partial charge in [0.15, 0.2) is 0 Å². The summed E-state index contributed by atoms with van der Waals surface area (Å²) in [6.45, 7) is 1.73. The van der Waals surface area contributed by atoms with E-state index in [4.69, 9.17) is 5.73 Å². The molecule has 0 aliphatic heterocycles. The largest absolute Gasteiger partial charge is 0.468 e. The number of carbonyl (C=O) groups is 2. The number of amides is 1. The maximum Gasteiger partial charge on any atom is 0.315 e. The van der Waals surface area contributed by atoms with E-state index in [0.29, 0.717) is 34.8 Å². The predicted octanol–water partition coefficient (Wildman–Crippen LogP) is 3.79. The third-order valence-corrected chi connectivity index (χ3v) is 6.53. The molecule has 31 heavy (non-hydrogen) atoms. The second-order valence-electron chi connectivity index (χ2n) is 6.72. The number of hydrogen-bond acceptors (Lipinski definition) is 6. The Balaban J connectivity index is 1.86. The zero-order valence-corrected chi connectivity index (χ0v) is 18.6. The fourth-order valence-electron chi connectivity index (χ4n) is 3.06. The lowest BCUT2D eigenvalue weighted by molar-refractivity contribution is -0.137. The lowest BCUT2D eigenvalue weighted by atomic mass is 10.2. The number of ether oxygens (including phenoxy) is 1. The Labute approximate surface area is 186 Å². The first-order valence-corrected chi connectivity index (χ1v) is 11.4. The molecular formula is C21H21F2N3O3S2. The molecule has 0 radical (unpaired) electrons. The molecule has 0 unspecified atom stereocenters. The number of halogens is 2. The van der Waals surface area contributed by atoms with Crippen LogP contribution in [0.3, 0.4) is 0 Å². The van der Waals surface area contributed by atoms with Gasteiger partial charge in [0.05, 0.1) is 41.4 Å². The number of hydrogen-bond donors (Lipinski definition) is 1. The summed E-state index contributed by atoms with van der Waals surface area (Å²) in [6.07, 6.45) is 0.660. The van der Waals surface area contributed by atoms with Crippen molar-refractivity contribution < 1.29 is 23.1 Å². The summed E-state index contributed by atoms with van der Waals surface area (Å²) in [7, 11) is 1.35. The van der Waals surface area contributed by atoms with Gasteiger partial charge in [0, 0.05) is 28.8 Å². The van der Waals surface area contributed by atoms with Gasteiger partial charge >= 0.3 is 5.97 Å². The fourth-order valence-corrected chi connectivity index (χ4v) is 4.75. The lowest BCUT2D eigenvalue weighted by Crippen LogP contribution is -2.13. The van der Waals surface area contributed by atoms with E-state index in [-0.39, 0.29) is 23.8 Å². The molecule has 1 aromatic carbocycles. The number of aromatic nitrogens is 2. The van der Waals surface area contributed by atoms with E-state index in [0.717, 1.165) is 23.2 Å². The van der Waals surface area contributed by atoms with E-state index >= 15 is 0 Å². The highest BCUT2D eigenvalue weighted by Gasteiger charge is 2.20. The second kappa shape index (κ2) is 10.1. The van der Waals surface area contributed by atoms with Gasteiger partial charge in [0.2, 0.25) is 0 Å². The van der Waals surface area contributed by atoms with Gasteiger partial charge in [-0.1, -0.05) is 0 Å². The smallest absolute Gasteiger partial charge is 0.315 e. The van der Waals surface area contributed by atoms with Crippen molar-refractivity contribution in [3.05, 3.63) is 63.1 Å². The van der Waals surface area contributed by atoms with Crippen LogP contribution in [-0.4, -0.2) is 40.0 Å². The summed E-state index contributed by atoms with van der Waals surface area (Å²) < 4.78 is 34.2. The molecule has 2 aromatic heterocycles. The molecule has 0 fully saturated rings. The number of esters is 1. The average molecular weight is 466 g/mol. The van der Waals surface area contributed by atoms with Crippen molar-refractivity contribution in [1.82, 2.24) is 9.55 Å². The minimum atomic E-state index is -0.605. The number of nitrogens with two attached hydrogens (primary N) is 1. The number of carbonyl (C=O) groups excluding carboxylic acids is 2. The van der Waals surface area contributed by atoms with E-state index in [1.54, 1.807) is 17.6 Å². The first-order valence-electron chi connectivity index (χ1n) is 9.33. The number of thioether (sulfide) groups is 1. The molecule has 1 amide bonds. The minimum absolute atomic E-state index is 0.0277. The first kappa shape index (κ1) is 23.0. The van der Waals surface area contributed by atoms with Crippen molar-refractivity contribution in [3.8, 4) is 11.4 Å². The second-order valence-corrected chi connectivity index (χ2v) is 8.77. The minimum Gasteiger partial charge on any atom is -0.468 e. The highest BCUT2D eigenvalue weighted by Crippen LogP contribution is 2.29. The Bertz CT molecular complexity index is 1110. The van der Waals surface area contributed by atoms with Crippen LogP contribution in [0.4, 0.5) is 8.78 Å². The standard InChI is InChI=1S/C21H21F2N3O3S2/c1-12-15(21(24)28)8-18(26(12)9-13-7-14(22)3-4-16(13)23)17-10-31-19(25-17)5-6-30-11-20(27)29-2/h3-4,7-8,10H,5-6,9,11H2,1-2H3,(H2,24,28). The number of methoxy groups -OCH3 is 1. The number of benzene rings is 1. The lowest BCUT2D eigenvalue weighted by Gasteiger charge is -2.12. The van der Waals surface area contributed by atoms with Crippen LogP contribution in [0.1, 0.15) is 26.6 Å². The molecule has 0 atom stereocenters. The number of rotatable bonds is 9. The molecule has 2 N–H and O–H groups in total. The Kier molecular flexibility index (Phi) is 7.45. The Morgan fingerprint density at radius 1 is 1.29 bits per heavy atom. The van der Waals surface area contributed by atoms with Crippen LogP contribution < -0.4 is 5.73 Å². The van der Waals surface area contributed by atoms with Crippen molar-refractivity contribution in [1.29, 1.82) is 0 Å². The highest BCUT2D eigenvalue weighted by atomic mass is 32.2. The van der Waals surface area contributed by atoms with Crippen LogP contribution in [0, 0.1) is 18.6 Å². The molecule has 0 spiro atoms. The van der Waals surface area contributed by atoms with E-state index < -0.39 is 17.5 Å². The average Bonchev–Trinajstić information content (AvgIpc) is 3.33. The van der Waals surface area contributed by atoms with Gasteiger partial charge in [0.25, 0.3) is 5.91 Å². The molecule has 3 aromatic rings. The quantitative estimate of drug-likeness (QED) is 0.384. The van der Waals surface area contributed by atoms with Gasteiger partial charge in [-0.25, -0.2) is 13.8 Å². The summed E-state index contributed by atoms with van der Waals surface area (Å²) in [4.78, 5) is 27.7. The van der Waals surface area contributed by atoms with Gasteiger partial charge < -0.3 is 15.0 Å². The van der Waals surface area contributed by atoms with Gasteiger partial charge in [-0.3, -0.25) is 9.59 Å². The van der Waals surface area contributed by atoms with Gasteiger partial charge in [-0.15, -0.1) is 23.1 Å². The Hall–Kier alpha value is -2.72. The summed E-state index contributed by atoms with van der Waals surface area (Å²) >= 11 is 2.90. The number of aryl methyl sites for hydroxylation is 1. The zero-order chi connectivity index (χ0) is 22.5. The van der Waals surface area contributed by atoms with Crippen LogP contribution >= 0.6 is 23.1 Å². The van der Waals surface area contributed by atoms with Crippen molar-refractivity contribution in [2.75, 3.05) is 18.6 Å². The third-order valence-electron chi connectivity index (χ3n) is 4.69. The van der Waals surface area contributed by atoms with E-state index in [1.807, 2.05) is 5.38 Å². The fraction of sp³-hybridized carbons (Fsp3) is 0.286. The maximum absolute atomic E-state index is 14.2. The summed E-state index contributed by atoms with van der Waals surface area (Å²) in [5.74, 6) is -0.990. The van der Waals surface area contributed by atoms with E-state index in [2.05, 4.69) is 9.72 Å². The SMILES string of the molecule is COC(=O)CSCCc1nc(-c2cc(C(N)=O)c(C)n2Cc2cc(F)ccc2F)cs1. The molecule has 0 bridgehead atoms. The van der Waals surface area contributed by atoms with E-state index in [1.165, 1.54) is 30.2 Å². The molecule has 0 aliphatic rings. The molecular weight excluding hydrogens is 444 g/mol. The summed E-state index contributed by atoms with van der Waals surface area (Å²) in [6, 6.07) is 4.89. The van der Waals surface area contributed by atoms with Crippen LogP contribution in [-0.2, 0) is 22.5 Å². The molecule has 2 heterocycles. The first-order chi connectivity index (χ1) is 14.8. The molecule has 6 nitrogen and oxygen atoms in total. The summed E-state index contributed by atoms with van der Waals surface area (Å²) in [5.41, 5.74) is 7.72.